The van der Waals surface area contributed by atoms with Gasteiger partial charge in [-0.05, 0) is 81.1 Å². The zero-order valence-corrected chi connectivity index (χ0v) is 36.8. The smallest absolute Gasteiger partial charge is 0.328 e. The van der Waals surface area contributed by atoms with E-state index < -0.39 is 17.8 Å². The highest BCUT2D eigenvalue weighted by molar-refractivity contribution is 6.05. The monoisotopic (exact) mass is 868 g/mol. The molecule has 9 rings (SSSR count). The molecule has 7 heterocycles. The summed E-state index contributed by atoms with van der Waals surface area (Å²) in [7, 11) is 0. The molecule has 1 unspecified atom stereocenters. The Kier molecular flexibility index (Phi) is 11.6. The standard InChI is InChI=1S/C47H53FN12O4/c1-28-25-57(26-30-14-17-58(18-15-30)33-8-10-34(11-9-33)60-19-16-40(61)54-46(60)63)20-21-59(28)39-13-7-32(24-49-39)38-23-36-41(50-27-51-42(36)53-38)31-6-12-35(37(48)22-31)29(2)52-43(62)44-55-45(56-64-44)47(3,4)5/h6-13,22-24,27-30H,14-21,25-26H2,1-5H3,(H,52,62)(H,50,51,53)(H,54,61,63)/t28?,29-/m1/s1. The molecule has 4 aromatic heterocycles. The lowest BCUT2D eigenvalue weighted by Crippen LogP contribution is -2.53. The Morgan fingerprint density at radius 3 is 2.39 bits per heavy atom. The number of nitrogens with one attached hydrogen (secondary N) is 3. The number of hydrogen-bond donors (Lipinski definition) is 3. The summed E-state index contributed by atoms with van der Waals surface area (Å²) in [5, 5.41) is 9.80. The van der Waals surface area contributed by atoms with Gasteiger partial charge in [0.25, 0.3) is 0 Å². The van der Waals surface area contributed by atoms with Gasteiger partial charge in [-0.25, -0.2) is 24.1 Å². The molecule has 3 N–H and O–H groups in total. The zero-order valence-electron chi connectivity index (χ0n) is 36.8. The van der Waals surface area contributed by atoms with Crippen LogP contribution in [-0.2, 0) is 10.2 Å². The van der Waals surface area contributed by atoms with Crippen molar-refractivity contribution in [1.82, 2.24) is 45.6 Å². The van der Waals surface area contributed by atoms with E-state index in [2.05, 4.69) is 81.6 Å². The van der Waals surface area contributed by atoms with E-state index in [1.54, 1.807) is 24.0 Å². The number of nitrogens with zero attached hydrogens (tertiary/aromatic N) is 9. The van der Waals surface area contributed by atoms with Gasteiger partial charge in [0, 0.05) is 109 Å². The van der Waals surface area contributed by atoms with Crippen LogP contribution in [0.1, 0.15) is 82.0 Å². The average Bonchev–Trinajstić information content (AvgIpc) is 3.97. The lowest BCUT2D eigenvalue weighted by molar-refractivity contribution is -0.120. The third-order valence-electron chi connectivity index (χ3n) is 12.6. The van der Waals surface area contributed by atoms with Crippen molar-refractivity contribution >= 4 is 46.1 Å². The second kappa shape index (κ2) is 17.4. The summed E-state index contributed by atoms with van der Waals surface area (Å²) in [6.45, 7) is 16.0. The van der Waals surface area contributed by atoms with Gasteiger partial charge in [0.05, 0.1) is 11.7 Å². The number of pyridine rings is 1. The van der Waals surface area contributed by atoms with Crippen molar-refractivity contribution in [2.24, 2.45) is 5.92 Å². The number of piperidine rings is 1. The molecule has 16 nitrogen and oxygen atoms in total. The van der Waals surface area contributed by atoms with Crippen molar-refractivity contribution in [3.05, 3.63) is 96.3 Å². The third kappa shape index (κ3) is 8.89. The predicted molar refractivity (Wildman–Crippen MR) is 242 cm³/mol. The quantitative estimate of drug-likeness (QED) is 0.130. The Balaban J connectivity index is 0.782. The summed E-state index contributed by atoms with van der Waals surface area (Å²) in [6.07, 6.45) is 5.90. The Morgan fingerprint density at radius 1 is 0.938 bits per heavy atom. The Bertz CT molecular complexity index is 2670. The van der Waals surface area contributed by atoms with Gasteiger partial charge in [0.2, 0.25) is 5.91 Å². The first kappa shape index (κ1) is 42.5. The van der Waals surface area contributed by atoms with Crippen LogP contribution in [-0.4, -0.2) is 105 Å². The maximum atomic E-state index is 15.7. The highest BCUT2D eigenvalue weighted by Gasteiger charge is 2.30. The van der Waals surface area contributed by atoms with Crippen LogP contribution in [0, 0.1) is 11.7 Å². The first-order valence-corrected chi connectivity index (χ1v) is 22.0. The van der Waals surface area contributed by atoms with Crippen LogP contribution >= 0.6 is 0 Å². The number of carbonyl (C=O) groups is 3. The van der Waals surface area contributed by atoms with Gasteiger partial charge >= 0.3 is 17.8 Å². The van der Waals surface area contributed by atoms with Crippen LogP contribution in [0.3, 0.4) is 0 Å². The van der Waals surface area contributed by atoms with Gasteiger partial charge in [0.15, 0.2) is 5.82 Å². The Labute approximate surface area is 370 Å². The molecular formula is C47H53FN12O4. The molecule has 3 aliphatic rings. The second-order valence-electron chi connectivity index (χ2n) is 18.2. The number of imide groups is 1. The molecule has 3 fully saturated rings. The van der Waals surface area contributed by atoms with Gasteiger partial charge in [0.1, 0.15) is 23.6 Å². The number of amides is 4. The number of benzene rings is 2. The van der Waals surface area contributed by atoms with Crippen LogP contribution in [0.5, 0.6) is 0 Å². The highest BCUT2D eigenvalue weighted by Crippen LogP contribution is 2.33. The number of hydrogen-bond acceptors (Lipinski definition) is 12. The maximum Gasteiger partial charge on any atom is 0.328 e. The summed E-state index contributed by atoms with van der Waals surface area (Å²) >= 11 is 0. The molecule has 2 aromatic carbocycles. The summed E-state index contributed by atoms with van der Waals surface area (Å²) in [5.41, 5.74) is 5.38. The number of halogens is 1. The minimum Gasteiger partial charge on any atom is -0.372 e. The summed E-state index contributed by atoms with van der Waals surface area (Å²) < 4.78 is 20.8. The Morgan fingerprint density at radius 2 is 1.70 bits per heavy atom. The van der Waals surface area contributed by atoms with Gasteiger partial charge < -0.3 is 24.6 Å². The van der Waals surface area contributed by atoms with Gasteiger partial charge in [-0.1, -0.05) is 38.1 Å². The maximum absolute atomic E-state index is 15.7. The van der Waals surface area contributed by atoms with E-state index in [-0.39, 0.29) is 23.2 Å². The summed E-state index contributed by atoms with van der Waals surface area (Å²) in [5.74, 6) is 0.517. The van der Waals surface area contributed by atoms with Gasteiger partial charge in [-0.15, -0.1) is 0 Å². The molecule has 0 aliphatic carbocycles. The average molecular weight is 869 g/mol. The normalized spacial score (nSPS) is 18.4. The van der Waals surface area contributed by atoms with Crippen molar-refractivity contribution in [3.8, 4) is 22.5 Å². The van der Waals surface area contributed by atoms with Crippen molar-refractivity contribution < 1.29 is 23.3 Å². The van der Waals surface area contributed by atoms with Crippen molar-refractivity contribution in [3.63, 3.8) is 0 Å². The van der Waals surface area contributed by atoms with Gasteiger partial charge in [-0.2, -0.15) is 4.98 Å². The van der Waals surface area contributed by atoms with E-state index in [4.69, 9.17) is 9.51 Å². The van der Waals surface area contributed by atoms with E-state index in [9.17, 15) is 14.4 Å². The number of carbonyl (C=O) groups excluding carboxylic acids is 3. The van der Waals surface area contributed by atoms with Crippen LogP contribution in [0.4, 0.5) is 26.4 Å². The minimum absolute atomic E-state index is 0.173. The van der Waals surface area contributed by atoms with E-state index in [1.165, 1.54) is 12.4 Å². The van der Waals surface area contributed by atoms with Gasteiger partial charge in [-0.3, -0.25) is 24.7 Å². The number of fused-ring (bicyclic) bond motifs is 1. The first-order chi connectivity index (χ1) is 30.8. The second-order valence-corrected chi connectivity index (χ2v) is 18.2. The molecule has 4 amide bonds. The fourth-order valence-electron chi connectivity index (χ4n) is 8.95. The summed E-state index contributed by atoms with van der Waals surface area (Å²) in [6, 6.07) is 18.3. The van der Waals surface area contributed by atoms with Crippen molar-refractivity contribution in [2.75, 3.05) is 60.5 Å². The van der Waals surface area contributed by atoms with Crippen LogP contribution in [0.2, 0.25) is 0 Å². The van der Waals surface area contributed by atoms with Crippen molar-refractivity contribution in [1.29, 1.82) is 0 Å². The fourth-order valence-corrected chi connectivity index (χ4v) is 8.95. The number of urea groups is 1. The fraction of sp³-hybridized carbons (Fsp3) is 0.404. The molecule has 332 valence electrons. The predicted octanol–water partition coefficient (Wildman–Crippen LogP) is 6.87. The molecule has 64 heavy (non-hydrogen) atoms. The number of anilines is 3. The van der Waals surface area contributed by atoms with E-state index in [0.717, 1.165) is 85.9 Å². The number of H-pyrrole nitrogens is 1. The molecule has 3 aliphatic heterocycles. The molecule has 0 spiro atoms. The molecule has 0 bridgehead atoms. The summed E-state index contributed by atoms with van der Waals surface area (Å²) in [4.78, 5) is 67.1. The number of rotatable bonds is 10. The zero-order chi connectivity index (χ0) is 44.7. The molecule has 2 atom stereocenters. The first-order valence-electron chi connectivity index (χ1n) is 22.0. The number of piperazine rings is 1. The topological polar surface area (TPSA) is 182 Å². The Hall–Kier alpha value is -6.75. The lowest BCUT2D eigenvalue weighted by Gasteiger charge is -2.43. The van der Waals surface area contributed by atoms with Crippen molar-refractivity contribution in [2.45, 2.75) is 71.4 Å². The third-order valence-corrected chi connectivity index (χ3v) is 12.6. The van der Waals surface area contributed by atoms with Crippen LogP contribution in [0.25, 0.3) is 33.5 Å². The van der Waals surface area contributed by atoms with Crippen LogP contribution < -0.4 is 25.3 Å². The molecule has 0 saturated carbocycles. The van der Waals surface area contributed by atoms with Crippen LogP contribution in [0.15, 0.2) is 77.7 Å². The minimum atomic E-state index is -0.667. The van der Waals surface area contributed by atoms with E-state index in [1.807, 2.05) is 45.2 Å². The lowest BCUT2D eigenvalue weighted by atomic mass is 9.95. The highest BCUT2D eigenvalue weighted by atomic mass is 19.1. The SMILES string of the molecule is CC1CN(CC2CCN(c3ccc(N4CCC(=O)NC4=O)cc3)CC2)CCN1c1ccc(-c2cc3c(-c4ccc([C@@H](C)NC(=O)c5nc(C(C)(C)C)no5)c(F)c4)ncnc3[nH]2)cn1. The molecular weight excluding hydrogens is 816 g/mol. The number of aromatic amines is 1. The molecule has 6 aromatic rings. The molecule has 17 heteroatoms. The molecule has 0 radical (unpaired) electrons. The van der Waals surface area contributed by atoms with E-state index in [0.29, 0.717) is 53.2 Å². The largest absolute Gasteiger partial charge is 0.372 e. The van der Waals surface area contributed by atoms with E-state index >= 15 is 4.39 Å². The molecule has 3 saturated heterocycles. The number of aromatic nitrogens is 6.